The second kappa shape index (κ2) is 41.0. The molecule has 0 aliphatic heterocycles. The quantitative estimate of drug-likeness (QED) is 0.0483. The Kier molecular flexibility index (Phi) is 31.2. The van der Waals surface area contributed by atoms with Crippen molar-refractivity contribution in [2.24, 2.45) is 271 Å². The van der Waals surface area contributed by atoms with Crippen LogP contribution in [0.15, 0.2) is 0 Å². The Morgan fingerprint density at radius 2 is 0.676 bits per heavy atom. The van der Waals surface area contributed by atoms with E-state index in [2.05, 4.69) is 102 Å². The third-order valence-electron chi connectivity index (χ3n) is 45.3. The first-order valence-corrected chi connectivity index (χ1v) is 56.9. The smallest absolute Gasteiger partial charge is 0.311 e. The van der Waals surface area contributed by atoms with E-state index in [1.807, 2.05) is 13.0 Å². The van der Waals surface area contributed by atoms with Crippen LogP contribution in [0.2, 0.25) is 0 Å². The zero-order valence-corrected chi connectivity index (χ0v) is 86.5. The van der Waals surface area contributed by atoms with Crippen molar-refractivity contribution >= 4 is 63.7 Å². The summed E-state index contributed by atoms with van der Waals surface area (Å²) in [5.74, 6) is 23.6. The second-order valence-electron chi connectivity index (χ2n) is 51.5. The number of aliphatic carboxylic acids is 2. The molecule has 0 radical (unpaired) electrons. The maximum atomic E-state index is 13.2. The number of fused-ring (bicyclic) bond motifs is 19. The van der Waals surface area contributed by atoms with Crippen LogP contribution in [0.5, 0.6) is 0 Å². The number of aliphatic hydroxyl groups is 2. The minimum Gasteiger partial charge on any atom is -0.481 e. The molecule has 24 heteroatoms. The molecule has 25 aliphatic carbocycles. The van der Waals surface area contributed by atoms with Crippen LogP contribution in [0.4, 0.5) is 0 Å². The fourth-order valence-corrected chi connectivity index (χ4v) is 38.3. The van der Waals surface area contributed by atoms with Gasteiger partial charge in [0.05, 0.1) is 85.4 Å². The van der Waals surface area contributed by atoms with Gasteiger partial charge in [0.2, 0.25) is 15.9 Å². The number of amides is 1. The second-order valence-corrected chi connectivity index (χ2v) is 53.3. The predicted octanol–water partition coefficient (Wildman–Crippen LogP) is 19.2. The topological polar surface area (TPSA) is 360 Å². The molecule has 43 atom stereocenters. The van der Waals surface area contributed by atoms with Crippen molar-refractivity contribution in [3.8, 4) is 6.07 Å². The van der Waals surface area contributed by atoms with Crippen molar-refractivity contribution in [2.75, 3.05) is 46.4 Å². The number of carbonyl (C=O) groups excluding carboxylic acids is 7. The van der Waals surface area contributed by atoms with Crippen LogP contribution in [0, 0.1) is 283 Å². The number of ether oxygens (including phenoxy) is 6. The van der Waals surface area contributed by atoms with Crippen molar-refractivity contribution in [1.82, 2.24) is 4.72 Å². The first-order chi connectivity index (χ1) is 64.4. The minimum absolute atomic E-state index is 0.00580. The number of rotatable bonds is 18. The molecule has 25 aliphatic rings. The Labute approximate surface area is 813 Å². The summed E-state index contributed by atoms with van der Waals surface area (Å²) in [4.78, 5) is 109. The number of nitrogens with one attached hydrogen (secondary N) is 1. The van der Waals surface area contributed by atoms with Crippen LogP contribution in [0.3, 0.4) is 0 Å². The Balaban J connectivity index is 0.000000115. The number of hydrogen-bond acceptors (Lipinski definition) is 20. The van der Waals surface area contributed by atoms with Gasteiger partial charge in [-0.3, -0.25) is 47.9 Å². The molecule has 0 heterocycles. The van der Waals surface area contributed by atoms with Crippen molar-refractivity contribution < 1.29 is 100 Å². The van der Waals surface area contributed by atoms with Crippen LogP contribution in [0.1, 0.15) is 309 Å². The highest BCUT2D eigenvalue weighted by Crippen LogP contribution is 2.69. The number of nitrogens with zero attached hydrogens (tertiary/aromatic N) is 1. The maximum absolute atomic E-state index is 13.2. The van der Waals surface area contributed by atoms with Gasteiger partial charge in [-0.05, 0) is 412 Å². The van der Waals surface area contributed by atoms with Crippen molar-refractivity contribution in [2.45, 2.75) is 321 Å². The Bertz CT molecular complexity index is 4420. The standard InChI is InChI=1S/C22H32O4.C21H30O4.C13H19NO2.C12H20O3.C12H20O2.C11H19NO3S.C11H18O.C10H16O2/c1-12-13(2)17-5-16(12)6-18(17)19(23)26-22-9-14-4-15(10-22)8-21(7-14,11-22)20(24)25-3;1-11-12(2)16-4-15(11)5-17(16)18(22)25-21-8-13-3-14(9-21)7-20(6-13,10-21)19(23)24;1-8-9(2)11-6-10(8)7-12(11)13(15)16-5-3-4-14;1-7-8(2)10-5-9(7)6-11(10)12(14)15-4-3-13;1-4-14-12(13)11-6-9-5-10(11)8(3)7(9)2;1-6-7(2)9-4-8(6)5-10(9)11(13)12-16(3,14)15;12-6-7-3-10-8-1-2-9(5-8)11(10)4-7;1-5-6(2)8-3-7(5)4-9(8)10(11)12/h12-18H,4-11H2,1-3H3;11-17H,3-10H2,1-2H3,(H,23,24);8-12H,3,5-7H2,1-2H3;7-11,13H,3-6H2,1-2H3;7-11H,4-6H2,1-3H3;6-10H,4-5H2,1-3H3,(H,12,13);7-12H,1-6H2;5-9H,3-4H2,1-2H3,(H,11,12). The number of esters is 6. The Morgan fingerprint density at radius 1 is 0.368 bits per heavy atom. The fourth-order valence-electron chi connectivity index (χ4n) is 37.7. The summed E-state index contributed by atoms with van der Waals surface area (Å²) in [5.41, 5.74) is -1.89. The van der Waals surface area contributed by atoms with Crippen molar-refractivity contribution in [3.63, 3.8) is 0 Å². The van der Waals surface area contributed by atoms with Crippen molar-refractivity contribution in [3.05, 3.63) is 0 Å². The molecule has 23 nitrogen and oxygen atoms in total. The third-order valence-corrected chi connectivity index (χ3v) is 45.8. The van der Waals surface area contributed by atoms with Gasteiger partial charge in [0.25, 0.3) is 0 Å². The summed E-state index contributed by atoms with van der Waals surface area (Å²) < 4.78 is 57.2. The molecule has 1 amide bonds. The van der Waals surface area contributed by atoms with E-state index in [1.54, 1.807) is 0 Å². The van der Waals surface area contributed by atoms with E-state index in [4.69, 9.17) is 49.0 Å². The highest BCUT2D eigenvalue weighted by molar-refractivity contribution is 7.89. The van der Waals surface area contributed by atoms with Crippen LogP contribution in [-0.2, 0) is 81.6 Å². The number of sulfonamides is 1. The van der Waals surface area contributed by atoms with Gasteiger partial charge in [-0.25, -0.2) is 8.42 Å². The SMILES string of the molecule is CC1C2CC(C(=O)NS(C)(=O)=O)C(C2)C1C.CC1C2CC(C(=O)O)C(C2)C1C.CC1C2CC(C(=O)OC34CC5CC(C3)CC(C(=O)O)(C5)C4)C(C2)C1C.CC1C2CC(C(=O)OCCC#N)C(C2)C1C.CC1C2CC(C(=O)OCCO)C(C2)C1C.CCOC(=O)C1CC2CC1C(C)C2C.COC(=O)C12CC3CC(CC(OC(=O)C4CC5CC4C(C)C5C)(C3)C1)C2.OCC1CC2C3CCC(C3)C2C1. The lowest BCUT2D eigenvalue weighted by molar-refractivity contribution is -0.215. The molecule has 136 heavy (non-hydrogen) atoms. The number of hydrogen-bond donors (Lipinski definition) is 5. The molecule has 0 spiro atoms. The number of methoxy groups -OCH3 is 1. The van der Waals surface area contributed by atoms with Gasteiger partial charge in [0.15, 0.2) is 0 Å². The first-order valence-electron chi connectivity index (χ1n) is 55.0. The summed E-state index contributed by atoms with van der Waals surface area (Å²) in [7, 11) is -1.91. The fraction of sp³-hybridized carbons (Fsp3) is 0.911. The number of aliphatic hydroxyl groups excluding tert-OH is 2. The Morgan fingerprint density at radius 3 is 0.978 bits per heavy atom. The first kappa shape index (κ1) is 103. The zero-order valence-electron chi connectivity index (χ0n) is 85.7. The molecule has 25 saturated carbocycles. The molecule has 0 aromatic carbocycles. The average molecular weight is 1920 g/mol. The van der Waals surface area contributed by atoms with Crippen LogP contribution < -0.4 is 4.72 Å². The monoisotopic (exact) mass is 1920 g/mol. The zero-order chi connectivity index (χ0) is 97.9. The average Bonchev–Trinajstić information content (AvgIpc) is 1.02. The summed E-state index contributed by atoms with van der Waals surface area (Å²) >= 11 is 0. The molecule has 5 N–H and O–H groups in total. The summed E-state index contributed by atoms with van der Waals surface area (Å²) in [5, 5.41) is 44.9. The van der Waals surface area contributed by atoms with Gasteiger partial charge >= 0.3 is 47.8 Å². The molecule has 0 saturated heterocycles. The minimum atomic E-state index is -3.41. The molecule has 43 unspecified atom stereocenters. The van der Waals surface area contributed by atoms with Gasteiger partial charge in [-0.2, -0.15) is 5.26 Å². The van der Waals surface area contributed by atoms with E-state index >= 15 is 0 Å². The van der Waals surface area contributed by atoms with Crippen LogP contribution >= 0.6 is 0 Å². The third kappa shape index (κ3) is 20.1. The summed E-state index contributed by atoms with van der Waals surface area (Å²) in [6, 6.07) is 1.99. The highest BCUT2D eigenvalue weighted by Gasteiger charge is 2.67. The van der Waals surface area contributed by atoms with Crippen LogP contribution in [-0.4, -0.2) is 140 Å². The largest absolute Gasteiger partial charge is 0.481 e. The number of carboxylic acids is 2. The lowest BCUT2D eigenvalue weighted by atomic mass is 9.48. The lowest BCUT2D eigenvalue weighted by Gasteiger charge is -2.59. The molecule has 0 aromatic heterocycles. The van der Waals surface area contributed by atoms with Crippen LogP contribution in [0.25, 0.3) is 0 Å². The highest BCUT2D eigenvalue weighted by atomic mass is 32.2. The normalized spacial score (nSPS) is 49.2. The molecule has 764 valence electrons. The van der Waals surface area contributed by atoms with Gasteiger partial charge in [-0.1, -0.05) is 96.9 Å². The molecule has 0 aromatic rings. The molecular formula is C112H174N2O21S. The molecule has 24 bridgehead atoms. The molecule has 25 rings (SSSR count). The van der Waals surface area contributed by atoms with Gasteiger partial charge in [0, 0.05) is 25.4 Å². The van der Waals surface area contributed by atoms with Gasteiger partial charge in [-0.15, -0.1) is 0 Å². The maximum Gasteiger partial charge on any atom is 0.311 e. The number of carboxylic acid groups (broad SMARTS) is 2. The van der Waals surface area contributed by atoms with Gasteiger partial charge < -0.3 is 48.8 Å². The van der Waals surface area contributed by atoms with E-state index in [0.717, 1.165) is 186 Å². The molecule has 25 fully saturated rings. The van der Waals surface area contributed by atoms with E-state index in [0.29, 0.717) is 180 Å². The van der Waals surface area contributed by atoms with E-state index in [9.17, 15) is 56.7 Å². The molecular weight excluding hydrogens is 1740 g/mol. The summed E-state index contributed by atoms with van der Waals surface area (Å²) in [6.45, 7) is 35.1. The van der Waals surface area contributed by atoms with E-state index < -0.39 is 44.0 Å². The van der Waals surface area contributed by atoms with E-state index in [1.165, 1.54) is 84.2 Å². The predicted molar refractivity (Wildman–Crippen MR) is 512 cm³/mol. The van der Waals surface area contributed by atoms with Gasteiger partial charge in [0.1, 0.15) is 24.4 Å². The summed E-state index contributed by atoms with van der Waals surface area (Å²) in [6.07, 6.45) is 34.5. The van der Waals surface area contributed by atoms with E-state index in [-0.39, 0.29) is 103 Å². The Hall–Kier alpha value is -5.41. The number of carbonyl (C=O) groups is 9. The number of nitriles is 1. The van der Waals surface area contributed by atoms with Crippen molar-refractivity contribution in [1.29, 1.82) is 5.26 Å². The lowest BCUT2D eigenvalue weighted by Crippen LogP contribution is -2.60.